The fourth-order valence-electron chi connectivity index (χ4n) is 4.00. The third-order valence-electron chi connectivity index (χ3n) is 5.81. The highest BCUT2D eigenvalue weighted by atomic mass is 35.5. The van der Waals surface area contributed by atoms with Crippen LogP contribution in [0.2, 0.25) is 5.15 Å². The van der Waals surface area contributed by atoms with E-state index in [1.54, 1.807) is 18.0 Å². The number of aromatic nitrogens is 2. The molecule has 0 radical (unpaired) electrons. The van der Waals surface area contributed by atoms with Crippen LogP contribution in [0.5, 0.6) is 5.75 Å². The minimum absolute atomic E-state index is 0.278. The first-order valence-corrected chi connectivity index (χ1v) is 10.9. The molecule has 166 valence electrons. The molecule has 7 heteroatoms. The number of nitrogens with zero attached hydrogens (tertiary/aromatic N) is 4. The minimum atomic E-state index is -0.278. The summed E-state index contributed by atoms with van der Waals surface area (Å²) in [6, 6.07) is 20.4. The smallest absolute Gasteiger partial charge is 0.227 e. The molecule has 4 aromatic rings. The van der Waals surface area contributed by atoms with E-state index in [0.717, 1.165) is 33.7 Å². The molecule has 0 aliphatic carbocycles. The number of ether oxygens (including phenoxy) is 1. The van der Waals surface area contributed by atoms with E-state index in [0.29, 0.717) is 10.9 Å². The number of imidazole rings is 1. The van der Waals surface area contributed by atoms with Gasteiger partial charge < -0.3 is 14.5 Å². The van der Waals surface area contributed by atoms with Crippen LogP contribution in [-0.2, 0) is 4.84 Å². The first-order valence-electron chi connectivity index (χ1n) is 10.6. The molecule has 0 N–H and O–H groups in total. The van der Waals surface area contributed by atoms with Gasteiger partial charge in [0, 0.05) is 12.6 Å². The average Bonchev–Trinajstić information content (AvgIpc) is 3.38. The van der Waals surface area contributed by atoms with Gasteiger partial charge >= 0.3 is 0 Å². The van der Waals surface area contributed by atoms with E-state index in [9.17, 15) is 0 Å². The van der Waals surface area contributed by atoms with Gasteiger partial charge in [-0.2, -0.15) is 0 Å². The van der Waals surface area contributed by atoms with Gasteiger partial charge in [0.25, 0.3) is 0 Å². The van der Waals surface area contributed by atoms with Gasteiger partial charge in [-0.1, -0.05) is 71.4 Å². The van der Waals surface area contributed by atoms with E-state index in [4.69, 9.17) is 21.2 Å². The van der Waals surface area contributed by atoms with Gasteiger partial charge in [0.1, 0.15) is 17.2 Å². The number of aryl methyl sites for hydroxylation is 1. The Bertz CT molecular complexity index is 1390. The third-order valence-corrected chi connectivity index (χ3v) is 6.27. The van der Waals surface area contributed by atoms with Crippen molar-refractivity contribution in [1.29, 1.82) is 0 Å². The second-order valence-corrected chi connectivity index (χ2v) is 8.20. The number of likely N-dealkylation sites (N-methyl/N-ethyl adjacent to an activating group) is 1. The van der Waals surface area contributed by atoms with E-state index >= 15 is 0 Å². The topological polar surface area (TPSA) is 51.9 Å². The van der Waals surface area contributed by atoms with Crippen molar-refractivity contribution in [3.05, 3.63) is 95.0 Å². The van der Waals surface area contributed by atoms with Crippen molar-refractivity contribution in [3.8, 4) is 11.4 Å². The maximum absolute atomic E-state index is 6.37. The summed E-state index contributed by atoms with van der Waals surface area (Å²) in [4.78, 5) is 12.1. The zero-order valence-corrected chi connectivity index (χ0v) is 19.3. The van der Waals surface area contributed by atoms with Gasteiger partial charge in [-0.25, -0.2) is 4.98 Å². The molecule has 0 saturated carbocycles. The number of methoxy groups -OCH3 is 1. The van der Waals surface area contributed by atoms with Gasteiger partial charge in [0.2, 0.25) is 6.23 Å². The Hall–Kier alpha value is -3.77. The highest BCUT2D eigenvalue weighted by molar-refractivity contribution is 6.30. The third kappa shape index (κ3) is 3.83. The molecule has 33 heavy (non-hydrogen) atoms. The van der Waals surface area contributed by atoms with Crippen LogP contribution in [0.1, 0.15) is 23.0 Å². The number of oxime groups is 1. The molecular formula is C26H23ClN4O2. The van der Waals surface area contributed by atoms with Crippen LogP contribution in [0, 0.1) is 6.92 Å². The Morgan fingerprint density at radius 1 is 1.06 bits per heavy atom. The Balaban J connectivity index is 1.38. The average molecular weight is 459 g/mol. The van der Waals surface area contributed by atoms with Crippen LogP contribution >= 0.6 is 11.6 Å². The zero-order valence-electron chi connectivity index (χ0n) is 18.6. The van der Waals surface area contributed by atoms with Crippen LogP contribution in [0.15, 0.2) is 78.2 Å². The lowest BCUT2D eigenvalue weighted by Gasteiger charge is -2.21. The van der Waals surface area contributed by atoms with E-state index in [-0.39, 0.29) is 6.23 Å². The molecule has 6 nitrogen and oxygen atoms in total. The zero-order chi connectivity index (χ0) is 22.9. The van der Waals surface area contributed by atoms with E-state index in [2.05, 4.69) is 34.4 Å². The van der Waals surface area contributed by atoms with Crippen molar-refractivity contribution in [2.75, 3.05) is 14.2 Å². The summed E-state index contributed by atoms with van der Waals surface area (Å²) in [6.07, 6.45) is 5.34. The largest absolute Gasteiger partial charge is 0.495 e. The Labute approximate surface area is 197 Å². The van der Waals surface area contributed by atoms with E-state index in [1.807, 2.05) is 67.4 Å². The molecule has 2 heterocycles. The quantitative estimate of drug-likeness (QED) is 0.369. The SMILES string of the molecule is COc1cc(/C=C/C2=NOC(c3cccc4ccccc34)N2C)ccc1-n1cnc(C)c1Cl. The number of hydrogen-bond donors (Lipinski definition) is 0. The molecule has 1 atom stereocenters. The summed E-state index contributed by atoms with van der Waals surface area (Å²) in [5.74, 6) is 1.44. The minimum Gasteiger partial charge on any atom is -0.495 e. The van der Waals surface area contributed by atoms with Gasteiger partial charge in [-0.15, -0.1) is 0 Å². The lowest BCUT2D eigenvalue weighted by molar-refractivity contribution is 0.0202. The van der Waals surface area contributed by atoms with Crippen molar-refractivity contribution in [3.63, 3.8) is 0 Å². The van der Waals surface area contributed by atoms with E-state index in [1.165, 1.54) is 5.39 Å². The predicted molar refractivity (Wildman–Crippen MR) is 132 cm³/mol. The lowest BCUT2D eigenvalue weighted by Crippen LogP contribution is -2.24. The van der Waals surface area contributed by atoms with Crippen molar-refractivity contribution in [2.45, 2.75) is 13.2 Å². The molecule has 0 saturated heterocycles. The van der Waals surface area contributed by atoms with Crippen LogP contribution in [-0.4, -0.2) is 34.4 Å². The number of fused-ring (bicyclic) bond motifs is 1. The van der Waals surface area contributed by atoms with Crippen molar-refractivity contribution < 1.29 is 9.57 Å². The summed E-state index contributed by atoms with van der Waals surface area (Å²) in [5, 5.41) is 7.21. The first-order chi connectivity index (χ1) is 16.1. The van der Waals surface area contributed by atoms with E-state index < -0.39 is 0 Å². The van der Waals surface area contributed by atoms with Crippen LogP contribution in [0.25, 0.3) is 22.5 Å². The summed E-state index contributed by atoms with van der Waals surface area (Å²) in [7, 11) is 3.62. The number of halogens is 1. The van der Waals surface area contributed by atoms with Crippen molar-refractivity contribution >= 4 is 34.3 Å². The molecule has 1 aliphatic rings. The second kappa shape index (κ2) is 8.64. The lowest BCUT2D eigenvalue weighted by atomic mass is 10.0. The molecule has 0 amide bonds. The highest BCUT2D eigenvalue weighted by Gasteiger charge is 2.28. The van der Waals surface area contributed by atoms with Crippen molar-refractivity contribution in [1.82, 2.24) is 14.5 Å². The summed E-state index contributed by atoms with van der Waals surface area (Å²) in [6.45, 7) is 1.87. The Kier molecular flexibility index (Phi) is 5.52. The number of benzene rings is 3. The van der Waals surface area contributed by atoms with Gasteiger partial charge in [0.15, 0.2) is 5.84 Å². The highest BCUT2D eigenvalue weighted by Crippen LogP contribution is 2.33. The second-order valence-electron chi connectivity index (χ2n) is 7.84. The maximum atomic E-state index is 6.37. The van der Waals surface area contributed by atoms with Crippen LogP contribution < -0.4 is 4.74 Å². The van der Waals surface area contributed by atoms with Gasteiger partial charge in [-0.05, 0) is 41.5 Å². The normalized spacial score (nSPS) is 15.8. The molecule has 1 aromatic heterocycles. The molecular weight excluding hydrogens is 436 g/mol. The molecule has 1 unspecified atom stereocenters. The molecule has 3 aromatic carbocycles. The Morgan fingerprint density at radius 3 is 2.67 bits per heavy atom. The fraction of sp³-hybridized carbons (Fsp3) is 0.154. The standard InChI is InChI=1S/C26H23ClN4O2/c1-17-25(27)31(16-28-17)22-13-11-18(15-23(22)32-3)12-14-24-29-33-26(30(24)2)21-10-6-8-19-7-4-5-9-20(19)21/h4-16,26H,1-3H3/b14-12+. The molecule has 1 aliphatic heterocycles. The maximum Gasteiger partial charge on any atom is 0.227 e. The summed E-state index contributed by atoms with van der Waals surface area (Å²) in [5.41, 5.74) is 3.65. The number of rotatable bonds is 5. The van der Waals surface area contributed by atoms with Gasteiger partial charge in [-0.3, -0.25) is 4.57 Å². The monoisotopic (exact) mass is 458 g/mol. The number of hydrogen-bond acceptors (Lipinski definition) is 5. The van der Waals surface area contributed by atoms with Crippen LogP contribution in [0.4, 0.5) is 0 Å². The number of amidine groups is 1. The molecule has 0 fully saturated rings. The summed E-state index contributed by atoms with van der Waals surface area (Å²) >= 11 is 6.37. The first kappa shape index (κ1) is 21.1. The van der Waals surface area contributed by atoms with Crippen LogP contribution in [0.3, 0.4) is 0 Å². The Morgan fingerprint density at radius 2 is 1.88 bits per heavy atom. The molecule has 5 rings (SSSR count). The molecule has 0 bridgehead atoms. The summed E-state index contributed by atoms with van der Waals surface area (Å²) < 4.78 is 7.41. The molecule has 0 spiro atoms. The fourth-order valence-corrected chi connectivity index (χ4v) is 4.18. The predicted octanol–water partition coefficient (Wildman–Crippen LogP) is 5.98. The van der Waals surface area contributed by atoms with Gasteiger partial charge in [0.05, 0.1) is 18.5 Å². The van der Waals surface area contributed by atoms with Crippen molar-refractivity contribution in [2.24, 2.45) is 5.16 Å².